The van der Waals surface area contributed by atoms with Crippen molar-refractivity contribution in [2.75, 3.05) is 25.5 Å². The van der Waals surface area contributed by atoms with Gasteiger partial charge in [0.1, 0.15) is 0 Å². The number of hydrogen-bond donors (Lipinski definition) is 2. The molecule has 0 aliphatic heterocycles. The summed E-state index contributed by atoms with van der Waals surface area (Å²) < 4.78 is 0. The normalized spacial score (nSPS) is 29.8. The second kappa shape index (κ2) is 8.57. The van der Waals surface area contributed by atoms with Gasteiger partial charge in [-0.15, -0.1) is 0 Å². The first kappa shape index (κ1) is 22.3. The van der Waals surface area contributed by atoms with Crippen molar-refractivity contribution >= 4 is 17.5 Å². The van der Waals surface area contributed by atoms with Crippen LogP contribution in [0, 0.1) is 43.9 Å². The highest BCUT2D eigenvalue weighted by molar-refractivity contribution is 5.94. The summed E-state index contributed by atoms with van der Waals surface area (Å²) in [5.74, 6) is 2.59. The summed E-state index contributed by atoms with van der Waals surface area (Å²) in [6, 6.07) is 4.37. The Bertz CT molecular complexity index is 804. The van der Waals surface area contributed by atoms with Crippen LogP contribution in [0.4, 0.5) is 5.69 Å². The van der Waals surface area contributed by atoms with E-state index >= 15 is 0 Å². The number of hydrogen-bond acceptors (Lipinski definition) is 3. The summed E-state index contributed by atoms with van der Waals surface area (Å²) in [6.07, 6.45) is 8.10. The van der Waals surface area contributed by atoms with E-state index in [4.69, 9.17) is 0 Å². The van der Waals surface area contributed by atoms with Crippen molar-refractivity contribution in [1.82, 2.24) is 10.2 Å². The van der Waals surface area contributed by atoms with Crippen LogP contribution in [0.3, 0.4) is 0 Å². The number of nitrogens with one attached hydrogen (secondary N) is 2. The van der Waals surface area contributed by atoms with Gasteiger partial charge in [0.05, 0.1) is 13.1 Å². The Morgan fingerprint density at radius 3 is 1.97 bits per heavy atom. The van der Waals surface area contributed by atoms with Crippen molar-refractivity contribution in [2.24, 2.45) is 23.2 Å². The van der Waals surface area contributed by atoms with Crippen molar-refractivity contribution < 1.29 is 9.59 Å². The molecule has 31 heavy (non-hydrogen) atoms. The summed E-state index contributed by atoms with van der Waals surface area (Å²) in [7, 11) is 1.84. The minimum Gasteiger partial charge on any atom is -0.352 e. The van der Waals surface area contributed by atoms with Crippen LogP contribution in [0.2, 0.25) is 0 Å². The predicted octanol–water partition coefficient (Wildman–Crippen LogP) is 4.20. The lowest BCUT2D eigenvalue weighted by Gasteiger charge is -2.59. The zero-order valence-corrected chi connectivity index (χ0v) is 19.9. The van der Waals surface area contributed by atoms with Gasteiger partial charge in [-0.2, -0.15) is 0 Å². The summed E-state index contributed by atoms with van der Waals surface area (Å²) in [6.45, 7) is 8.74. The molecule has 0 spiro atoms. The Labute approximate surface area is 187 Å². The topological polar surface area (TPSA) is 61.4 Å². The lowest BCUT2D eigenvalue weighted by molar-refractivity contribution is -0.127. The highest BCUT2D eigenvalue weighted by atomic mass is 16.2. The number of benzene rings is 1. The standard InChI is InChI=1S/C26H39N3O2/c1-16-6-17(2)25(18(3)7-16)28-24(31)15-29(5)14-23(30)27-19(4)26-11-20-8-21(12-26)10-22(9-20)13-26/h6-7,19-22H,8-15H2,1-5H3,(H,27,30)(H,28,31)/t19-,20?,21?,22?,26?/m0/s1. The molecule has 5 nitrogen and oxygen atoms in total. The highest BCUT2D eigenvalue weighted by Crippen LogP contribution is 2.61. The average molecular weight is 426 g/mol. The lowest BCUT2D eigenvalue weighted by atomic mass is 9.48. The van der Waals surface area contributed by atoms with E-state index in [0.717, 1.165) is 34.6 Å². The first-order valence-electron chi connectivity index (χ1n) is 12.0. The Balaban J connectivity index is 1.27. The monoisotopic (exact) mass is 425 g/mol. The van der Waals surface area contributed by atoms with Crippen molar-refractivity contribution in [3.8, 4) is 0 Å². The van der Waals surface area contributed by atoms with Crippen LogP contribution in [-0.2, 0) is 9.59 Å². The molecule has 4 saturated carbocycles. The van der Waals surface area contributed by atoms with Crippen LogP contribution in [0.1, 0.15) is 62.1 Å². The van der Waals surface area contributed by atoms with E-state index in [9.17, 15) is 9.59 Å². The molecule has 1 aromatic rings. The van der Waals surface area contributed by atoms with Crippen LogP contribution < -0.4 is 10.6 Å². The second-order valence-electron chi connectivity index (χ2n) is 11.1. The number of rotatable bonds is 7. The van der Waals surface area contributed by atoms with Crippen LogP contribution in [0.25, 0.3) is 0 Å². The van der Waals surface area contributed by atoms with Gasteiger partial charge < -0.3 is 10.6 Å². The van der Waals surface area contributed by atoms with Crippen LogP contribution in [0.5, 0.6) is 0 Å². The summed E-state index contributed by atoms with van der Waals surface area (Å²) >= 11 is 0. The molecule has 1 atom stereocenters. The van der Waals surface area contributed by atoms with Gasteiger partial charge in [-0.25, -0.2) is 0 Å². The maximum absolute atomic E-state index is 12.8. The van der Waals surface area contributed by atoms with Gasteiger partial charge in [-0.1, -0.05) is 17.7 Å². The Morgan fingerprint density at radius 1 is 0.968 bits per heavy atom. The van der Waals surface area contributed by atoms with E-state index in [1.54, 1.807) is 4.90 Å². The number of nitrogens with zero attached hydrogens (tertiary/aromatic N) is 1. The summed E-state index contributed by atoms with van der Waals surface area (Å²) in [5.41, 5.74) is 4.51. The number of aryl methyl sites for hydroxylation is 3. The van der Waals surface area contributed by atoms with E-state index < -0.39 is 0 Å². The highest BCUT2D eigenvalue weighted by Gasteiger charge is 2.53. The van der Waals surface area contributed by atoms with E-state index in [0.29, 0.717) is 5.41 Å². The molecular formula is C26H39N3O2. The van der Waals surface area contributed by atoms with E-state index in [2.05, 4.69) is 36.6 Å². The van der Waals surface area contributed by atoms with Gasteiger partial charge in [0.25, 0.3) is 0 Å². The number of carbonyl (C=O) groups excluding carboxylic acids is 2. The minimum atomic E-state index is -0.0838. The molecule has 0 radical (unpaired) electrons. The molecule has 4 bridgehead atoms. The fraction of sp³-hybridized carbons (Fsp3) is 0.692. The zero-order valence-electron chi connectivity index (χ0n) is 19.9. The van der Waals surface area contributed by atoms with E-state index in [-0.39, 0.29) is 30.9 Å². The van der Waals surface area contributed by atoms with Gasteiger partial charge in [-0.05, 0) is 108 Å². The van der Waals surface area contributed by atoms with Crippen molar-refractivity contribution in [1.29, 1.82) is 0 Å². The Kier molecular flexibility index (Phi) is 6.17. The second-order valence-corrected chi connectivity index (χ2v) is 11.1. The van der Waals surface area contributed by atoms with Gasteiger partial charge >= 0.3 is 0 Å². The number of anilines is 1. The molecule has 4 fully saturated rings. The molecule has 2 N–H and O–H groups in total. The predicted molar refractivity (Wildman–Crippen MR) is 125 cm³/mol. The van der Waals surface area contributed by atoms with Gasteiger partial charge in [0, 0.05) is 11.7 Å². The fourth-order valence-electron chi connectivity index (χ4n) is 7.25. The molecule has 0 unspecified atom stereocenters. The first-order chi connectivity index (χ1) is 14.6. The van der Waals surface area contributed by atoms with Gasteiger partial charge in [-0.3, -0.25) is 14.5 Å². The molecule has 1 aromatic carbocycles. The Hall–Kier alpha value is -1.88. The lowest BCUT2D eigenvalue weighted by Crippen LogP contribution is -2.56. The van der Waals surface area contributed by atoms with Crippen molar-refractivity contribution in [3.05, 3.63) is 28.8 Å². The third-order valence-electron chi connectivity index (χ3n) is 8.15. The third-order valence-corrected chi connectivity index (χ3v) is 8.15. The molecular weight excluding hydrogens is 386 g/mol. The number of likely N-dealkylation sites (N-methyl/N-ethyl adjacent to an activating group) is 1. The quantitative estimate of drug-likeness (QED) is 0.688. The molecule has 0 saturated heterocycles. The summed E-state index contributed by atoms with van der Waals surface area (Å²) in [4.78, 5) is 27.1. The Morgan fingerprint density at radius 2 is 1.45 bits per heavy atom. The molecule has 4 aliphatic carbocycles. The number of carbonyl (C=O) groups is 2. The average Bonchev–Trinajstić information content (AvgIpc) is 2.63. The van der Waals surface area contributed by atoms with Crippen molar-refractivity contribution in [3.63, 3.8) is 0 Å². The maximum atomic E-state index is 12.8. The zero-order chi connectivity index (χ0) is 22.3. The molecule has 5 rings (SSSR count). The van der Waals surface area contributed by atoms with E-state index in [1.165, 1.54) is 44.1 Å². The molecule has 0 aromatic heterocycles. The molecule has 0 heterocycles. The minimum absolute atomic E-state index is 0.0289. The van der Waals surface area contributed by atoms with Crippen LogP contribution >= 0.6 is 0 Å². The molecule has 170 valence electrons. The van der Waals surface area contributed by atoms with Crippen LogP contribution in [-0.4, -0.2) is 42.9 Å². The van der Waals surface area contributed by atoms with Gasteiger partial charge in [0.15, 0.2) is 0 Å². The molecule has 4 aliphatic rings. The van der Waals surface area contributed by atoms with Gasteiger partial charge in [0.2, 0.25) is 11.8 Å². The van der Waals surface area contributed by atoms with E-state index in [1.807, 2.05) is 20.9 Å². The summed E-state index contributed by atoms with van der Waals surface area (Å²) in [5, 5.41) is 6.33. The number of amides is 2. The molecule has 5 heteroatoms. The van der Waals surface area contributed by atoms with Crippen molar-refractivity contribution in [2.45, 2.75) is 72.3 Å². The largest absolute Gasteiger partial charge is 0.352 e. The van der Waals surface area contributed by atoms with Crippen LogP contribution in [0.15, 0.2) is 12.1 Å². The fourth-order valence-corrected chi connectivity index (χ4v) is 7.25. The maximum Gasteiger partial charge on any atom is 0.238 e. The SMILES string of the molecule is Cc1cc(C)c(NC(=O)CN(C)CC(=O)N[C@@H](C)C23CC4CC(CC(C4)C2)C3)c(C)c1. The first-order valence-corrected chi connectivity index (χ1v) is 12.0. The smallest absolute Gasteiger partial charge is 0.238 e. The molecule has 2 amide bonds. The third kappa shape index (κ3) is 4.82.